The van der Waals surface area contributed by atoms with Crippen LogP contribution in [0.4, 0.5) is 0 Å². The Kier molecular flexibility index (Phi) is 3.33. The maximum Gasteiger partial charge on any atom is 0.185 e. The van der Waals surface area contributed by atoms with E-state index in [1.807, 2.05) is 29.8 Å². The van der Waals surface area contributed by atoms with Gasteiger partial charge < -0.3 is 15.9 Å². The standard InChI is InChI=1S/C11H14BrN5/c1-7-4-8(12)5-17-6-9(16-10(7)17)2-3-15-11(13)14/h4-6H,2-3H2,1H3,(H4,13,14,15). The summed E-state index contributed by atoms with van der Waals surface area (Å²) in [4.78, 5) is 8.49. The number of imidazole rings is 1. The zero-order valence-corrected chi connectivity index (χ0v) is 11.1. The molecule has 90 valence electrons. The number of halogens is 1. The predicted molar refractivity (Wildman–Crippen MR) is 72.0 cm³/mol. The van der Waals surface area contributed by atoms with Crippen molar-refractivity contribution >= 4 is 27.5 Å². The van der Waals surface area contributed by atoms with E-state index in [0.717, 1.165) is 27.8 Å². The lowest BCUT2D eigenvalue weighted by Crippen LogP contribution is -2.23. The van der Waals surface area contributed by atoms with Crippen LogP contribution in [0.1, 0.15) is 11.3 Å². The van der Waals surface area contributed by atoms with Gasteiger partial charge in [0, 0.05) is 29.8 Å². The number of nitrogens with two attached hydrogens (primary N) is 2. The highest BCUT2D eigenvalue weighted by Gasteiger charge is 2.04. The third-order valence-electron chi connectivity index (χ3n) is 2.41. The molecule has 5 nitrogen and oxygen atoms in total. The molecule has 2 rings (SSSR count). The van der Waals surface area contributed by atoms with Crippen LogP contribution in [0.15, 0.2) is 27.9 Å². The van der Waals surface area contributed by atoms with E-state index in [2.05, 4.69) is 25.9 Å². The molecule has 6 heteroatoms. The summed E-state index contributed by atoms with van der Waals surface area (Å²) in [5.74, 6) is 0.118. The van der Waals surface area contributed by atoms with Gasteiger partial charge >= 0.3 is 0 Å². The molecule has 2 heterocycles. The quantitative estimate of drug-likeness (QED) is 0.660. The Balaban J connectivity index is 2.26. The van der Waals surface area contributed by atoms with Gasteiger partial charge in [0.2, 0.25) is 0 Å². The molecule has 0 radical (unpaired) electrons. The fourth-order valence-electron chi connectivity index (χ4n) is 1.70. The number of guanidine groups is 1. The molecule has 0 aliphatic rings. The SMILES string of the molecule is Cc1cc(Br)cn2cc(CCN=C(N)N)nc12. The van der Waals surface area contributed by atoms with Crippen molar-refractivity contribution in [3.05, 3.63) is 34.2 Å². The average Bonchev–Trinajstić information content (AvgIpc) is 2.60. The van der Waals surface area contributed by atoms with Crippen molar-refractivity contribution in [2.24, 2.45) is 16.5 Å². The Bertz CT molecular complexity index is 568. The lowest BCUT2D eigenvalue weighted by molar-refractivity contribution is 0.932. The molecule has 17 heavy (non-hydrogen) atoms. The topological polar surface area (TPSA) is 81.7 Å². The largest absolute Gasteiger partial charge is 0.370 e. The second-order valence-corrected chi connectivity index (χ2v) is 4.78. The summed E-state index contributed by atoms with van der Waals surface area (Å²) in [6.45, 7) is 2.60. The van der Waals surface area contributed by atoms with E-state index in [4.69, 9.17) is 11.5 Å². The first kappa shape index (κ1) is 11.9. The minimum absolute atomic E-state index is 0.118. The minimum atomic E-state index is 0.118. The van der Waals surface area contributed by atoms with Gasteiger partial charge in [-0.3, -0.25) is 4.99 Å². The molecule has 0 spiro atoms. The van der Waals surface area contributed by atoms with Gasteiger partial charge in [-0.15, -0.1) is 0 Å². The first-order chi connectivity index (χ1) is 8.06. The second-order valence-electron chi connectivity index (χ2n) is 3.86. The van der Waals surface area contributed by atoms with Gasteiger partial charge in [0.25, 0.3) is 0 Å². The number of pyridine rings is 1. The van der Waals surface area contributed by atoms with Crippen LogP contribution >= 0.6 is 15.9 Å². The van der Waals surface area contributed by atoms with E-state index < -0.39 is 0 Å². The number of fused-ring (bicyclic) bond motifs is 1. The van der Waals surface area contributed by atoms with Gasteiger partial charge in [-0.25, -0.2) is 4.98 Å². The van der Waals surface area contributed by atoms with Gasteiger partial charge in [-0.1, -0.05) is 0 Å². The maximum absolute atomic E-state index is 5.27. The van der Waals surface area contributed by atoms with Crippen LogP contribution in [0.2, 0.25) is 0 Å². The van der Waals surface area contributed by atoms with Crippen LogP contribution in [-0.2, 0) is 6.42 Å². The van der Waals surface area contributed by atoms with E-state index in [1.54, 1.807) is 0 Å². The van der Waals surface area contributed by atoms with Crippen molar-refractivity contribution in [3.63, 3.8) is 0 Å². The minimum Gasteiger partial charge on any atom is -0.370 e. The fourth-order valence-corrected chi connectivity index (χ4v) is 2.26. The van der Waals surface area contributed by atoms with Crippen LogP contribution in [0, 0.1) is 6.92 Å². The van der Waals surface area contributed by atoms with Crippen LogP contribution in [-0.4, -0.2) is 21.9 Å². The van der Waals surface area contributed by atoms with Crippen molar-refractivity contribution in [2.75, 3.05) is 6.54 Å². The highest BCUT2D eigenvalue weighted by atomic mass is 79.9. The Labute approximate surface area is 108 Å². The van der Waals surface area contributed by atoms with Gasteiger partial charge in [-0.05, 0) is 34.5 Å². The molecule has 0 amide bonds. The molecule has 0 aliphatic heterocycles. The summed E-state index contributed by atoms with van der Waals surface area (Å²) in [7, 11) is 0. The maximum atomic E-state index is 5.27. The number of hydrogen-bond donors (Lipinski definition) is 2. The molecule has 0 atom stereocenters. The number of aliphatic imine (C=N–C) groups is 1. The highest BCUT2D eigenvalue weighted by molar-refractivity contribution is 9.10. The summed E-state index contributed by atoms with van der Waals surface area (Å²) in [5.41, 5.74) is 13.6. The van der Waals surface area contributed by atoms with E-state index in [0.29, 0.717) is 6.54 Å². The lowest BCUT2D eigenvalue weighted by Gasteiger charge is -1.97. The van der Waals surface area contributed by atoms with Crippen LogP contribution in [0.5, 0.6) is 0 Å². The number of aromatic nitrogens is 2. The van der Waals surface area contributed by atoms with Gasteiger partial charge in [-0.2, -0.15) is 0 Å². The molecule has 0 aliphatic carbocycles. The van der Waals surface area contributed by atoms with Crippen LogP contribution in [0.25, 0.3) is 5.65 Å². The lowest BCUT2D eigenvalue weighted by atomic mass is 10.3. The molecule has 2 aromatic heterocycles. The Hall–Kier alpha value is -1.56. The van der Waals surface area contributed by atoms with Crippen molar-refractivity contribution in [3.8, 4) is 0 Å². The summed E-state index contributed by atoms with van der Waals surface area (Å²) < 4.78 is 3.04. The molecular formula is C11H14BrN5. The van der Waals surface area contributed by atoms with Gasteiger partial charge in [0.05, 0.1) is 5.69 Å². The fraction of sp³-hybridized carbons (Fsp3) is 0.273. The second kappa shape index (κ2) is 4.75. The van der Waals surface area contributed by atoms with Gasteiger partial charge in [0.15, 0.2) is 5.96 Å². The van der Waals surface area contributed by atoms with Crippen molar-refractivity contribution < 1.29 is 0 Å². The Morgan fingerprint density at radius 2 is 2.24 bits per heavy atom. The van der Waals surface area contributed by atoms with Gasteiger partial charge in [0.1, 0.15) is 5.65 Å². The number of aryl methyl sites for hydroxylation is 1. The monoisotopic (exact) mass is 295 g/mol. The third kappa shape index (κ3) is 2.76. The molecule has 0 saturated carbocycles. The first-order valence-electron chi connectivity index (χ1n) is 5.25. The predicted octanol–water partition coefficient (Wildman–Crippen LogP) is 1.22. The van der Waals surface area contributed by atoms with Crippen LogP contribution in [0.3, 0.4) is 0 Å². The Morgan fingerprint density at radius 3 is 2.94 bits per heavy atom. The van der Waals surface area contributed by atoms with E-state index in [-0.39, 0.29) is 5.96 Å². The number of rotatable bonds is 3. The van der Waals surface area contributed by atoms with E-state index >= 15 is 0 Å². The normalized spacial score (nSPS) is 10.7. The average molecular weight is 296 g/mol. The number of hydrogen-bond acceptors (Lipinski definition) is 2. The third-order valence-corrected chi connectivity index (χ3v) is 2.85. The molecule has 0 fully saturated rings. The molecule has 2 aromatic rings. The van der Waals surface area contributed by atoms with E-state index in [1.165, 1.54) is 0 Å². The summed E-state index contributed by atoms with van der Waals surface area (Å²) in [5, 5.41) is 0. The zero-order chi connectivity index (χ0) is 12.4. The number of nitrogens with zero attached hydrogens (tertiary/aromatic N) is 3. The van der Waals surface area contributed by atoms with Crippen molar-refractivity contribution in [2.45, 2.75) is 13.3 Å². The Morgan fingerprint density at radius 1 is 1.47 bits per heavy atom. The summed E-state index contributed by atoms with van der Waals surface area (Å²) in [6.07, 6.45) is 4.71. The summed E-state index contributed by atoms with van der Waals surface area (Å²) in [6, 6.07) is 2.04. The van der Waals surface area contributed by atoms with E-state index in [9.17, 15) is 0 Å². The van der Waals surface area contributed by atoms with Crippen molar-refractivity contribution in [1.29, 1.82) is 0 Å². The zero-order valence-electron chi connectivity index (χ0n) is 9.52. The molecular weight excluding hydrogens is 282 g/mol. The smallest absolute Gasteiger partial charge is 0.185 e. The molecule has 0 saturated heterocycles. The molecule has 0 aromatic carbocycles. The highest BCUT2D eigenvalue weighted by Crippen LogP contribution is 2.17. The molecule has 0 unspecified atom stereocenters. The van der Waals surface area contributed by atoms with Crippen molar-refractivity contribution in [1.82, 2.24) is 9.38 Å². The molecule has 0 bridgehead atoms. The first-order valence-corrected chi connectivity index (χ1v) is 6.04. The van der Waals surface area contributed by atoms with Crippen LogP contribution < -0.4 is 11.5 Å². The molecule has 4 N–H and O–H groups in total. The summed E-state index contributed by atoms with van der Waals surface area (Å²) >= 11 is 3.46.